The lowest BCUT2D eigenvalue weighted by atomic mass is 10.1. The van der Waals surface area contributed by atoms with Gasteiger partial charge in [-0.1, -0.05) is 0 Å². The molecule has 3 saturated heterocycles. The van der Waals surface area contributed by atoms with E-state index in [0.29, 0.717) is 12.5 Å². The fraction of sp³-hybridized carbons (Fsp3) is 0.739. The third-order valence-electron chi connectivity index (χ3n) is 6.65. The molecule has 0 spiro atoms. The molecule has 172 valence electrons. The quantitative estimate of drug-likeness (QED) is 0.545. The molecule has 3 aliphatic rings. The summed E-state index contributed by atoms with van der Waals surface area (Å²) in [4.78, 5) is 24.3. The van der Waals surface area contributed by atoms with Gasteiger partial charge in [0.1, 0.15) is 5.76 Å². The van der Waals surface area contributed by atoms with Gasteiger partial charge in [0, 0.05) is 45.8 Å². The predicted octanol–water partition coefficient (Wildman–Crippen LogP) is 1.58. The van der Waals surface area contributed by atoms with Crippen LogP contribution < -0.4 is 5.32 Å². The van der Waals surface area contributed by atoms with Gasteiger partial charge in [0.2, 0.25) is 5.91 Å². The van der Waals surface area contributed by atoms with Crippen molar-refractivity contribution in [1.82, 2.24) is 20.0 Å². The van der Waals surface area contributed by atoms with Crippen LogP contribution in [0.5, 0.6) is 0 Å². The van der Waals surface area contributed by atoms with E-state index in [9.17, 15) is 4.79 Å². The molecule has 0 bridgehead atoms. The van der Waals surface area contributed by atoms with Crippen molar-refractivity contribution < 1.29 is 13.9 Å². The van der Waals surface area contributed by atoms with Crippen LogP contribution in [-0.2, 0) is 16.0 Å². The van der Waals surface area contributed by atoms with Crippen molar-refractivity contribution in [3.8, 4) is 0 Å². The number of nitrogens with one attached hydrogen (secondary N) is 1. The van der Waals surface area contributed by atoms with Crippen LogP contribution in [-0.4, -0.2) is 98.2 Å². The van der Waals surface area contributed by atoms with Gasteiger partial charge in [0.25, 0.3) is 0 Å². The first-order chi connectivity index (χ1) is 15.2. The Bertz CT molecular complexity index is 709. The van der Waals surface area contributed by atoms with E-state index in [1.165, 1.54) is 6.42 Å². The lowest BCUT2D eigenvalue weighted by Gasteiger charge is -2.38. The molecule has 2 unspecified atom stereocenters. The highest BCUT2D eigenvalue weighted by Crippen LogP contribution is 2.18. The summed E-state index contributed by atoms with van der Waals surface area (Å²) in [5.74, 6) is 2.18. The Kier molecular flexibility index (Phi) is 7.86. The molecule has 31 heavy (non-hydrogen) atoms. The first-order valence-electron chi connectivity index (χ1n) is 11.9. The number of carbonyl (C=O) groups excluding carboxylic acids is 1. The van der Waals surface area contributed by atoms with Gasteiger partial charge in [0.15, 0.2) is 5.96 Å². The molecule has 3 aliphatic heterocycles. The second kappa shape index (κ2) is 11.0. The highest BCUT2D eigenvalue weighted by Gasteiger charge is 2.33. The molecule has 2 atom stereocenters. The molecule has 3 fully saturated rings. The van der Waals surface area contributed by atoms with Crippen LogP contribution in [0.1, 0.15) is 37.9 Å². The zero-order chi connectivity index (χ0) is 21.5. The van der Waals surface area contributed by atoms with E-state index in [-0.39, 0.29) is 12.1 Å². The van der Waals surface area contributed by atoms with Crippen molar-refractivity contribution in [3.63, 3.8) is 0 Å². The number of furan rings is 1. The number of aliphatic imine (C=N–C) groups is 1. The Morgan fingerprint density at radius 3 is 2.65 bits per heavy atom. The number of nitrogens with zero attached hydrogens (tertiary/aromatic N) is 4. The molecule has 8 nitrogen and oxygen atoms in total. The summed E-state index contributed by atoms with van der Waals surface area (Å²) < 4.78 is 11.3. The van der Waals surface area contributed by atoms with Crippen LogP contribution in [0.3, 0.4) is 0 Å². The fourth-order valence-electron chi connectivity index (χ4n) is 4.73. The highest BCUT2D eigenvalue weighted by molar-refractivity contribution is 5.83. The SMILES string of the molecule is CN1CCCC1C(=O)N1CCN(C(=NCC2CCCCO2)NCCc2ccco2)CC1. The van der Waals surface area contributed by atoms with Crippen LogP contribution in [0.25, 0.3) is 0 Å². The third kappa shape index (κ3) is 6.01. The zero-order valence-corrected chi connectivity index (χ0v) is 18.8. The minimum absolute atomic E-state index is 0.0644. The number of likely N-dealkylation sites (N-methyl/N-ethyl adjacent to an activating group) is 1. The summed E-state index contributed by atoms with van der Waals surface area (Å²) in [6.07, 6.45) is 8.31. The number of likely N-dealkylation sites (tertiary alicyclic amines) is 1. The molecular formula is C23H37N5O3. The summed E-state index contributed by atoms with van der Waals surface area (Å²) in [6, 6.07) is 3.98. The maximum absolute atomic E-state index is 12.9. The predicted molar refractivity (Wildman–Crippen MR) is 120 cm³/mol. The number of rotatable bonds is 6. The smallest absolute Gasteiger partial charge is 0.240 e. The largest absolute Gasteiger partial charge is 0.469 e. The maximum atomic E-state index is 12.9. The van der Waals surface area contributed by atoms with E-state index in [0.717, 1.165) is 89.7 Å². The normalized spacial score (nSPS) is 25.8. The molecule has 1 amide bonds. The van der Waals surface area contributed by atoms with Crippen LogP contribution in [0.4, 0.5) is 0 Å². The van der Waals surface area contributed by atoms with Gasteiger partial charge in [-0.15, -0.1) is 0 Å². The van der Waals surface area contributed by atoms with Crippen LogP contribution in [0, 0.1) is 0 Å². The van der Waals surface area contributed by atoms with Crippen LogP contribution in [0.2, 0.25) is 0 Å². The van der Waals surface area contributed by atoms with Crippen molar-refractivity contribution >= 4 is 11.9 Å². The Morgan fingerprint density at radius 1 is 1.13 bits per heavy atom. The number of hydrogen-bond acceptors (Lipinski definition) is 5. The van der Waals surface area contributed by atoms with Crippen LogP contribution >= 0.6 is 0 Å². The highest BCUT2D eigenvalue weighted by atomic mass is 16.5. The number of carbonyl (C=O) groups is 1. The maximum Gasteiger partial charge on any atom is 0.240 e. The minimum atomic E-state index is 0.0644. The van der Waals surface area contributed by atoms with Gasteiger partial charge < -0.3 is 24.3 Å². The number of guanidine groups is 1. The summed E-state index contributed by atoms with van der Waals surface area (Å²) >= 11 is 0. The lowest BCUT2D eigenvalue weighted by molar-refractivity contribution is -0.136. The summed E-state index contributed by atoms with van der Waals surface area (Å²) in [5, 5.41) is 3.52. The van der Waals surface area contributed by atoms with E-state index < -0.39 is 0 Å². The first kappa shape index (κ1) is 22.1. The van der Waals surface area contributed by atoms with Crippen molar-refractivity contribution in [2.45, 2.75) is 50.7 Å². The number of hydrogen-bond donors (Lipinski definition) is 1. The third-order valence-corrected chi connectivity index (χ3v) is 6.65. The molecular weight excluding hydrogens is 394 g/mol. The average Bonchev–Trinajstić information content (AvgIpc) is 3.48. The average molecular weight is 432 g/mol. The van der Waals surface area contributed by atoms with Gasteiger partial charge in [-0.3, -0.25) is 14.7 Å². The Balaban J connectivity index is 1.32. The molecule has 4 rings (SSSR count). The van der Waals surface area contributed by atoms with Crippen molar-refractivity contribution in [1.29, 1.82) is 0 Å². The van der Waals surface area contributed by atoms with Crippen LogP contribution in [0.15, 0.2) is 27.8 Å². The summed E-state index contributed by atoms with van der Waals surface area (Å²) in [5.41, 5.74) is 0. The van der Waals surface area contributed by atoms with E-state index in [1.807, 2.05) is 17.0 Å². The molecule has 1 aromatic heterocycles. The van der Waals surface area contributed by atoms with Gasteiger partial charge in [-0.2, -0.15) is 0 Å². The summed E-state index contributed by atoms with van der Waals surface area (Å²) in [6.45, 7) is 6.44. The molecule has 0 radical (unpaired) electrons. The Labute approximate surface area is 185 Å². The monoisotopic (exact) mass is 431 g/mol. The molecule has 4 heterocycles. The Hall–Kier alpha value is -2.06. The summed E-state index contributed by atoms with van der Waals surface area (Å²) in [7, 11) is 2.06. The number of ether oxygens (including phenoxy) is 1. The Morgan fingerprint density at radius 2 is 1.97 bits per heavy atom. The van der Waals surface area contributed by atoms with E-state index in [1.54, 1.807) is 6.26 Å². The second-order valence-corrected chi connectivity index (χ2v) is 8.86. The molecule has 0 saturated carbocycles. The molecule has 0 aliphatic carbocycles. The van der Waals surface area contributed by atoms with Gasteiger partial charge >= 0.3 is 0 Å². The van der Waals surface area contributed by atoms with Gasteiger partial charge in [-0.25, -0.2) is 0 Å². The number of amides is 1. The second-order valence-electron chi connectivity index (χ2n) is 8.86. The molecule has 1 aromatic rings. The molecule has 1 N–H and O–H groups in total. The minimum Gasteiger partial charge on any atom is -0.469 e. The van der Waals surface area contributed by atoms with E-state index >= 15 is 0 Å². The topological polar surface area (TPSA) is 73.6 Å². The molecule has 0 aromatic carbocycles. The van der Waals surface area contributed by atoms with Crippen molar-refractivity contribution in [2.75, 3.05) is 59.5 Å². The lowest BCUT2D eigenvalue weighted by Crippen LogP contribution is -2.56. The van der Waals surface area contributed by atoms with Crippen molar-refractivity contribution in [2.24, 2.45) is 4.99 Å². The fourth-order valence-corrected chi connectivity index (χ4v) is 4.73. The first-order valence-corrected chi connectivity index (χ1v) is 11.9. The standard InChI is InChI=1S/C23H37N5O3/c1-26-11-4-8-21(26)22(29)27-12-14-28(15-13-27)23(24-10-9-19-7-5-17-30-19)25-18-20-6-2-3-16-31-20/h5,7,17,20-21H,2-4,6,8-16,18H2,1H3,(H,24,25). The zero-order valence-electron chi connectivity index (χ0n) is 18.8. The molecule has 8 heteroatoms. The van der Waals surface area contributed by atoms with E-state index in [2.05, 4.69) is 22.2 Å². The number of piperazine rings is 1. The van der Waals surface area contributed by atoms with E-state index in [4.69, 9.17) is 14.1 Å². The van der Waals surface area contributed by atoms with Gasteiger partial charge in [-0.05, 0) is 57.8 Å². The van der Waals surface area contributed by atoms with Gasteiger partial charge in [0.05, 0.1) is 25.0 Å². The van der Waals surface area contributed by atoms with Crippen molar-refractivity contribution in [3.05, 3.63) is 24.2 Å².